The number of amides is 1. The van der Waals surface area contributed by atoms with Crippen LogP contribution in [0.25, 0.3) is 0 Å². The van der Waals surface area contributed by atoms with Crippen LogP contribution in [0.3, 0.4) is 0 Å². The fourth-order valence-electron chi connectivity index (χ4n) is 0.781. The van der Waals surface area contributed by atoms with E-state index in [1.165, 1.54) is 7.05 Å². The molecule has 4 nitrogen and oxygen atoms in total. The van der Waals surface area contributed by atoms with Crippen LogP contribution in [0.5, 0.6) is 0 Å². The number of carboxylic acid groups (broad SMARTS) is 1. The molecule has 1 atom stereocenters. The first-order chi connectivity index (χ1) is 4.53. The van der Waals surface area contributed by atoms with E-state index < -0.39 is 6.09 Å². The van der Waals surface area contributed by atoms with E-state index in [1.807, 2.05) is 6.92 Å². The van der Waals surface area contributed by atoms with E-state index in [2.05, 4.69) is 0 Å². The zero-order chi connectivity index (χ0) is 7.78. The molecule has 1 aliphatic heterocycles. The van der Waals surface area contributed by atoms with Gasteiger partial charge in [-0.3, -0.25) is 0 Å². The number of carbonyl (C=O) groups is 1. The van der Waals surface area contributed by atoms with Gasteiger partial charge >= 0.3 is 0 Å². The van der Waals surface area contributed by atoms with Crippen LogP contribution in [0.15, 0.2) is 0 Å². The first kappa shape index (κ1) is 7.34. The number of likely N-dealkylation sites (N-methyl/N-ethyl adjacent to an activating group) is 1. The summed E-state index contributed by atoms with van der Waals surface area (Å²) in [6.45, 7) is 2.91. The number of epoxide rings is 1. The molecular formula is C6H10NO3-. The summed E-state index contributed by atoms with van der Waals surface area (Å²) in [5, 5.41) is 10.2. The second-order valence-electron chi connectivity index (χ2n) is 2.86. The molecule has 1 amide bonds. The summed E-state index contributed by atoms with van der Waals surface area (Å²) in [6.07, 6.45) is -1.16. The number of hydrogen-bond donors (Lipinski definition) is 0. The molecule has 1 rings (SSSR count). The average Bonchev–Trinajstić information content (AvgIpc) is 2.47. The SMILES string of the molecule is CN(C[C@]1(C)CO1)C(=O)[O-]. The van der Waals surface area contributed by atoms with E-state index in [9.17, 15) is 9.90 Å². The van der Waals surface area contributed by atoms with Crippen LogP contribution in [0.4, 0.5) is 4.79 Å². The van der Waals surface area contributed by atoms with Crippen molar-refractivity contribution >= 4 is 6.09 Å². The number of carbonyl (C=O) groups excluding carboxylic acids is 1. The summed E-state index contributed by atoms with van der Waals surface area (Å²) in [6, 6.07) is 0. The van der Waals surface area contributed by atoms with Crippen molar-refractivity contribution in [2.75, 3.05) is 20.2 Å². The normalized spacial score (nSPS) is 29.8. The number of hydrogen-bond acceptors (Lipinski definition) is 3. The summed E-state index contributed by atoms with van der Waals surface area (Å²) in [7, 11) is 1.47. The molecule has 0 aromatic rings. The van der Waals surface area contributed by atoms with E-state index in [-0.39, 0.29) is 5.60 Å². The van der Waals surface area contributed by atoms with Gasteiger partial charge in [0.05, 0.1) is 6.61 Å². The molecule has 1 aliphatic rings. The topological polar surface area (TPSA) is 55.9 Å². The molecule has 10 heavy (non-hydrogen) atoms. The lowest BCUT2D eigenvalue weighted by Gasteiger charge is -2.21. The van der Waals surface area contributed by atoms with Crippen LogP contribution in [-0.4, -0.2) is 36.8 Å². The van der Waals surface area contributed by atoms with E-state index in [0.717, 1.165) is 4.90 Å². The maximum atomic E-state index is 10.2. The number of nitrogens with zero attached hydrogens (tertiary/aromatic N) is 1. The third-order valence-corrected chi connectivity index (χ3v) is 1.52. The zero-order valence-corrected chi connectivity index (χ0v) is 6.09. The van der Waals surface area contributed by atoms with Gasteiger partial charge in [-0.25, -0.2) is 0 Å². The van der Waals surface area contributed by atoms with Gasteiger partial charge in [-0.05, 0) is 6.92 Å². The van der Waals surface area contributed by atoms with Crippen LogP contribution in [0.1, 0.15) is 6.92 Å². The van der Waals surface area contributed by atoms with Gasteiger partial charge in [-0.15, -0.1) is 0 Å². The van der Waals surface area contributed by atoms with Crippen molar-refractivity contribution in [1.82, 2.24) is 4.90 Å². The molecule has 0 aromatic heterocycles. The second-order valence-corrected chi connectivity index (χ2v) is 2.86. The Morgan fingerprint density at radius 3 is 2.70 bits per heavy atom. The lowest BCUT2D eigenvalue weighted by Crippen LogP contribution is -2.42. The minimum absolute atomic E-state index is 0.241. The van der Waals surface area contributed by atoms with Gasteiger partial charge in [0.2, 0.25) is 0 Å². The molecule has 1 fully saturated rings. The highest BCUT2D eigenvalue weighted by atomic mass is 16.6. The molecular weight excluding hydrogens is 134 g/mol. The van der Waals surface area contributed by atoms with Crippen molar-refractivity contribution in [2.45, 2.75) is 12.5 Å². The summed E-state index contributed by atoms with van der Waals surface area (Å²) in [4.78, 5) is 11.3. The Morgan fingerprint density at radius 2 is 2.40 bits per heavy atom. The Bertz CT molecular complexity index is 153. The maximum Gasteiger partial charge on any atom is 0.136 e. The van der Waals surface area contributed by atoms with Gasteiger partial charge in [0.25, 0.3) is 0 Å². The molecule has 0 unspecified atom stereocenters. The Morgan fingerprint density at radius 1 is 1.90 bits per heavy atom. The van der Waals surface area contributed by atoms with Gasteiger partial charge in [0.15, 0.2) is 0 Å². The van der Waals surface area contributed by atoms with Crippen LogP contribution < -0.4 is 5.11 Å². The lowest BCUT2D eigenvalue weighted by molar-refractivity contribution is -0.264. The average molecular weight is 144 g/mol. The van der Waals surface area contributed by atoms with Crippen molar-refractivity contribution in [3.05, 3.63) is 0 Å². The van der Waals surface area contributed by atoms with Gasteiger partial charge in [-0.2, -0.15) is 0 Å². The van der Waals surface area contributed by atoms with Crippen LogP contribution in [0.2, 0.25) is 0 Å². The maximum absolute atomic E-state index is 10.2. The molecule has 0 saturated carbocycles. The largest absolute Gasteiger partial charge is 0.530 e. The highest BCUT2D eigenvalue weighted by molar-refractivity contribution is 5.62. The molecule has 0 N–H and O–H groups in total. The number of ether oxygens (including phenoxy) is 1. The van der Waals surface area contributed by atoms with Gasteiger partial charge in [0.1, 0.15) is 11.7 Å². The molecule has 0 spiro atoms. The van der Waals surface area contributed by atoms with E-state index in [4.69, 9.17) is 4.74 Å². The molecule has 0 bridgehead atoms. The molecule has 1 heterocycles. The first-order valence-electron chi connectivity index (χ1n) is 3.10. The molecule has 0 radical (unpaired) electrons. The summed E-state index contributed by atoms with van der Waals surface area (Å²) >= 11 is 0. The number of rotatable bonds is 2. The molecule has 4 heteroatoms. The van der Waals surface area contributed by atoms with Gasteiger partial charge < -0.3 is 19.5 Å². The first-order valence-corrected chi connectivity index (χ1v) is 3.10. The van der Waals surface area contributed by atoms with Gasteiger partial charge in [-0.1, -0.05) is 0 Å². The summed E-state index contributed by atoms with van der Waals surface area (Å²) in [5.41, 5.74) is -0.241. The van der Waals surface area contributed by atoms with Crippen molar-refractivity contribution in [2.24, 2.45) is 0 Å². The monoisotopic (exact) mass is 144 g/mol. The molecule has 0 aliphatic carbocycles. The smallest absolute Gasteiger partial charge is 0.136 e. The van der Waals surface area contributed by atoms with Crippen molar-refractivity contribution in [3.63, 3.8) is 0 Å². The Hall–Kier alpha value is -0.770. The minimum Gasteiger partial charge on any atom is -0.530 e. The zero-order valence-electron chi connectivity index (χ0n) is 6.09. The Labute approximate surface area is 59.4 Å². The highest BCUT2D eigenvalue weighted by Crippen LogP contribution is 2.26. The highest BCUT2D eigenvalue weighted by Gasteiger charge is 2.40. The van der Waals surface area contributed by atoms with E-state index >= 15 is 0 Å². The summed E-state index contributed by atoms with van der Waals surface area (Å²) in [5.74, 6) is 0. The second kappa shape index (κ2) is 2.12. The Balaban J connectivity index is 2.31. The predicted octanol–water partition coefficient (Wildman–Crippen LogP) is -0.950. The quantitative estimate of drug-likeness (QED) is 0.469. The third-order valence-electron chi connectivity index (χ3n) is 1.52. The van der Waals surface area contributed by atoms with Crippen molar-refractivity contribution in [3.8, 4) is 0 Å². The molecule has 0 aromatic carbocycles. The van der Waals surface area contributed by atoms with E-state index in [0.29, 0.717) is 13.2 Å². The molecule has 1 saturated heterocycles. The van der Waals surface area contributed by atoms with Gasteiger partial charge in [0, 0.05) is 13.6 Å². The van der Waals surface area contributed by atoms with Crippen molar-refractivity contribution < 1.29 is 14.6 Å². The van der Waals surface area contributed by atoms with Crippen LogP contribution in [0, 0.1) is 0 Å². The third kappa shape index (κ3) is 1.60. The van der Waals surface area contributed by atoms with Crippen LogP contribution in [-0.2, 0) is 4.74 Å². The lowest BCUT2D eigenvalue weighted by atomic mass is 10.2. The Kier molecular flexibility index (Phi) is 1.56. The molecule has 58 valence electrons. The fourth-order valence-corrected chi connectivity index (χ4v) is 0.781. The summed E-state index contributed by atoms with van der Waals surface area (Å²) < 4.78 is 4.98. The van der Waals surface area contributed by atoms with Crippen molar-refractivity contribution in [1.29, 1.82) is 0 Å². The minimum atomic E-state index is -1.16. The standard InChI is InChI=1S/C6H11NO3/c1-6(4-10-6)3-7(2)5(8)9/h3-4H2,1-2H3,(H,8,9)/p-1/t6-/m1/s1. The van der Waals surface area contributed by atoms with Crippen LogP contribution >= 0.6 is 0 Å². The predicted molar refractivity (Wildman–Crippen MR) is 32.4 cm³/mol. The van der Waals surface area contributed by atoms with E-state index in [1.54, 1.807) is 0 Å². The fraction of sp³-hybridized carbons (Fsp3) is 0.833.